The van der Waals surface area contributed by atoms with Gasteiger partial charge in [0.1, 0.15) is 0 Å². The van der Waals surface area contributed by atoms with E-state index in [2.05, 4.69) is 21.8 Å². The Bertz CT molecular complexity index is 1170. The molecule has 154 valence electrons. The largest absolute Gasteiger partial charge is 0.364 e. The number of carbonyl (C=O) groups is 1. The van der Waals surface area contributed by atoms with Gasteiger partial charge in [0.25, 0.3) is 5.91 Å². The molecule has 30 heavy (non-hydrogen) atoms. The maximum Gasteiger partial charge on any atom is 0.269 e. The molecule has 1 aromatic carbocycles. The molecule has 1 amide bonds. The number of thiophene rings is 1. The van der Waals surface area contributed by atoms with Gasteiger partial charge in [-0.15, -0.1) is 11.3 Å². The number of halogens is 2. The van der Waals surface area contributed by atoms with Crippen LogP contribution in [0.3, 0.4) is 0 Å². The normalized spacial score (nSPS) is 14.0. The summed E-state index contributed by atoms with van der Waals surface area (Å²) in [5, 5.41) is 5.41. The second-order valence-electron chi connectivity index (χ2n) is 7.14. The summed E-state index contributed by atoms with van der Waals surface area (Å²) in [6, 6.07) is 9.13. The summed E-state index contributed by atoms with van der Waals surface area (Å²) in [5.41, 5.74) is 7.86. The van der Waals surface area contributed by atoms with E-state index >= 15 is 0 Å². The first-order valence-electron chi connectivity index (χ1n) is 9.60. The van der Waals surface area contributed by atoms with Crippen molar-refractivity contribution < 1.29 is 4.79 Å². The van der Waals surface area contributed by atoms with Crippen LogP contribution in [-0.4, -0.2) is 40.2 Å². The van der Waals surface area contributed by atoms with Crippen LogP contribution in [0.2, 0.25) is 10.0 Å². The van der Waals surface area contributed by atoms with Gasteiger partial charge in [-0.25, -0.2) is 4.68 Å². The van der Waals surface area contributed by atoms with E-state index < -0.39 is 5.91 Å². The van der Waals surface area contributed by atoms with E-state index in [1.54, 1.807) is 34.2 Å². The molecule has 0 unspecified atom stereocenters. The Morgan fingerprint density at radius 3 is 2.70 bits per heavy atom. The van der Waals surface area contributed by atoms with Crippen LogP contribution in [-0.2, 0) is 0 Å². The number of aromatic nitrogens is 2. The van der Waals surface area contributed by atoms with Gasteiger partial charge in [-0.3, -0.25) is 9.69 Å². The van der Waals surface area contributed by atoms with Gasteiger partial charge >= 0.3 is 0 Å². The minimum atomic E-state index is -0.584. The number of hydrogen-bond acceptors (Lipinski definition) is 4. The first kappa shape index (κ1) is 21.0. The monoisotopic (exact) mass is 458 g/mol. The summed E-state index contributed by atoms with van der Waals surface area (Å²) in [6.45, 7) is 4.87. The lowest BCUT2D eigenvalue weighted by molar-refractivity contribution is 0.0994. The Morgan fingerprint density at radius 1 is 1.23 bits per heavy atom. The van der Waals surface area contributed by atoms with Crippen LogP contribution >= 0.6 is 34.5 Å². The van der Waals surface area contributed by atoms with Crippen molar-refractivity contribution in [2.75, 3.05) is 19.6 Å². The van der Waals surface area contributed by atoms with E-state index in [9.17, 15) is 4.79 Å². The molecule has 0 atom stereocenters. The molecule has 2 aromatic heterocycles. The predicted octanol–water partition coefficient (Wildman–Crippen LogP) is 4.76. The number of nitrogens with zero attached hydrogens (tertiary/aromatic N) is 3. The highest BCUT2D eigenvalue weighted by molar-refractivity contribution is 7.16. The van der Waals surface area contributed by atoms with Crippen LogP contribution in [0.15, 0.2) is 30.3 Å². The summed E-state index contributed by atoms with van der Waals surface area (Å²) in [7, 11) is 0. The highest BCUT2D eigenvalue weighted by atomic mass is 35.5. The third-order valence-electron chi connectivity index (χ3n) is 5.05. The molecule has 1 aliphatic rings. The molecule has 0 radical (unpaired) electrons. The maximum absolute atomic E-state index is 11.9. The molecule has 1 saturated heterocycles. The van der Waals surface area contributed by atoms with Crippen molar-refractivity contribution in [1.29, 1.82) is 0 Å². The SMILES string of the molecule is Cc1c(C(N)=O)nn(-c2ccc(Cl)cc2Cl)c1-c1ccc(C#CCN2CCCC2)s1. The van der Waals surface area contributed by atoms with Crippen LogP contribution < -0.4 is 5.73 Å². The van der Waals surface area contributed by atoms with Crippen LogP contribution in [0, 0.1) is 18.8 Å². The molecule has 3 aromatic rings. The second-order valence-corrected chi connectivity index (χ2v) is 9.07. The molecule has 4 rings (SSSR count). The molecule has 0 saturated carbocycles. The summed E-state index contributed by atoms with van der Waals surface area (Å²) < 4.78 is 1.65. The van der Waals surface area contributed by atoms with Crippen molar-refractivity contribution in [1.82, 2.24) is 14.7 Å². The highest BCUT2D eigenvalue weighted by Crippen LogP contribution is 2.35. The van der Waals surface area contributed by atoms with Crippen LogP contribution in [0.5, 0.6) is 0 Å². The molecule has 5 nitrogen and oxygen atoms in total. The fourth-order valence-electron chi connectivity index (χ4n) is 3.56. The molecule has 3 heterocycles. The zero-order valence-electron chi connectivity index (χ0n) is 16.4. The van der Waals surface area contributed by atoms with Crippen molar-refractivity contribution >= 4 is 40.4 Å². The van der Waals surface area contributed by atoms with E-state index in [0.717, 1.165) is 35.1 Å². The average Bonchev–Trinajstić information content (AvgIpc) is 3.42. The van der Waals surface area contributed by atoms with Gasteiger partial charge in [-0.2, -0.15) is 5.10 Å². The van der Waals surface area contributed by atoms with Gasteiger partial charge < -0.3 is 5.73 Å². The molecule has 1 fully saturated rings. The van der Waals surface area contributed by atoms with Crippen molar-refractivity contribution in [3.63, 3.8) is 0 Å². The number of likely N-dealkylation sites (tertiary alicyclic amines) is 1. The maximum atomic E-state index is 11.9. The molecular weight excluding hydrogens is 439 g/mol. The first-order chi connectivity index (χ1) is 14.4. The quantitative estimate of drug-likeness (QED) is 0.572. The van der Waals surface area contributed by atoms with E-state index in [4.69, 9.17) is 28.9 Å². The minimum absolute atomic E-state index is 0.214. The van der Waals surface area contributed by atoms with Crippen molar-refractivity contribution in [3.8, 4) is 28.1 Å². The summed E-state index contributed by atoms with van der Waals surface area (Å²) in [5.74, 6) is 5.93. The third-order valence-corrected chi connectivity index (χ3v) is 6.59. The Morgan fingerprint density at radius 2 is 2.00 bits per heavy atom. The smallest absolute Gasteiger partial charge is 0.269 e. The fourth-order valence-corrected chi connectivity index (χ4v) is 5.02. The van der Waals surface area contributed by atoms with E-state index in [-0.39, 0.29) is 5.69 Å². The lowest BCUT2D eigenvalue weighted by Gasteiger charge is -2.09. The number of rotatable bonds is 4. The molecule has 8 heteroatoms. The Hall–Kier alpha value is -2.30. The number of carbonyl (C=O) groups excluding carboxylic acids is 1. The number of amides is 1. The van der Waals surface area contributed by atoms with Crippen LogP contribution in [0.25, 0.3) is 16.3 Å². The summed E-state index contributed by atoms with van der Waals surface area (Å²) in [6.07, 6.45) is 2.51. The lowest BCUT2D eigenvalue weighted by atomic mass is 10.1. The standard InChI is InChI=1S/C22H20Cl2N4OS/c1-14-20(22(25)29)26-28(18-8-6-15(23)13-17(18)24)21(14)19-9-7-16(30-19)5-4-12-27-10-2-3-11-27/h6-9,13H,2-3,10-12H2,1H3,(H2,25,29). The Labute approximate surface area is 189 Å². The molecule has 1 aliphatic heterocycles. The summed E-state index contributed by atoms with van der Waals surface area (Å²) >= 11 is 14.0. The molecule has 0 spiro atoms. The summed E-state index contributed by atoms with van der Waals surface area (Å²) in [4.78, 5) is 16.2. The number of primary amides is 1. The van der Waals surface area contributed by atoms with Gasteiger partial charge in [0, 0.05) is 10.6 Å². The second kappa shape index (κ2) is 8.83. The zero-order valence-corrected chi connectivity index (χ0v) is 18.7. The van der Waals surface area contributed by atoms with E-state index in [1.165, 1.54) is 12.8 Å². The highest BCUT2D eigenvalue weighted by Gasteiger charge is 2.22. The van der Waals surface area contributed by atoms with Crippen molar-refractivity contribution in [2.45, 2.75) is 19.8 Å². The lowest BCUT2D eigenvalue weighted by Crippen LogP contribution is -2.18. The first-order valence-corrected chi connectivity index (χ1v) is 11.2. The van der Waals surface area contributed by atoms with Crippen LogP contribution in [0.4, 0.5) is 0 Å². The minimum Gasteiger partial charge on any atom is -0.364 e. The van der Waals surface area contributed by atoms with Gasteiger partial charge in [0.05, 0.1) is 32.7 Å². The third kappa shape index (κ3) is 4.26. The molecule has 0 aliphatic carbocycles. The number of benzene rings is 1. The average molecular weight is 459 g/mol. The predicted molar refractivity (Wildman–Crippen MR) is 123 cm³/mol. The van der Waals surface area contributed by atoms with Gasteiger partial charge in [-0.1, -0.05) is 35.0 Å². The number of hydrogen-bond donors (Lipinski definition) is 1. The van der Waals surface area contributed by atoms with Gasteiger partial charge in [-0.05, 0) is 63.2 Å². The van der Waals surface area contributed by atoms with E-state index in [0.29, 0.717) is 21.3 Å². The molecule has 2 N–H and O–H groups in total. The van der Waals surface area contributed by atoms with E-state index in [1.807, 2.05) is 19.1 Å². The fraction of sp³-hybridized carbons (Fsp3) is 0.273. The molecular formula is C22H20Cl2N4OS. The van der Waals surface area contributed by atoms with Crippen LogP contribution in [0.1, 0.15) is 33.8 Å². The zero-order chi connectivity index (χ0) is 21.3. The van der Waals surface area contributed by atoms with Gasteiger partial charge in [0.2, 0.25) is 0 Å². The Balaban J connectivity index is 1.72. The number of nitrogens with two attached hydrogens (primary N) is 1. The Kier molecular flexibility index (Phi) is 6.16. The van der Waals surface area contributed by atoms with Crippen molar-refractivity contribution in [2.24, 2.45) is 5.73 Å². The van der Waals surface area contributed by atoms with Crippen molar-refractivity contribution in [3.05, 3.63) is 56.5 Å². The van der Waals surface area contributed by atoms with Gasteiger partial charge in [0.15, 0.2) is 5.69 Å². The molecule has 0 bridgehead atoms. The topological polar surface area (TPSA) is 64.2 Å².